The average molecular weight is 237 g/mol. The van der Waals surface area contributed by atoms with Gasteiger partial charge in [0.2, 0.25) is 0 Å². The maximum Gasteiger partial charge on any atom is 0.259 e. The van der Waals surface area contributed by atoms with Gasteiger partial charge in [-0.25, -0.2) is 17.5 Å². The van der Waals surface area contributed by atoms with Gasteiger partial charge in [0, 0.05) is 10.7 Å². The zero-order chi connectivity index (χ0) is 9.47. The third kappa shape index (κ3) is 1.67. The summed E-state index contributed by atoms with van der Waals surface area (Å²) in [6.07, 6.45) is 4.85. The average Bonchev–Trinajstić information content (AvgIpc) is 2.48. The van der Waals surface area contributed by atoms with Crippen LogP contribution < -0.4 is 4.72 Å². The number of hydrogen-bond donors (Lipinski definition) is 1. The second-order valence-corrected chi connectivity index (χ2v) is 5.69. The largest absolute Gasteiger partial charge is 0.259 e. The lowest BCUT2D eigenvalue weighted by Crippen LogP contribution is -2.32. The fraction of sp³-hybridized carbons (Fsp3) is 0.167. The maximum atomic E-state index is 11.1. The minimum Gasteiger partial charge on any atom is -0.230 e. The Kier molecular flexibility index (Phi) is 2.23. The fourth-order valence-electron chi connectivity index (χ4n) is 1.14. The topological polar surface area (TPSA) is 58.5 Å². The second-order valence-electron chi connectivity index (χ2n) is 2.52. The number of hydrogen-bond acceptors (Lipinski definition) is 5. The van der Waals surface area contributed by atoms with Crippen molar-refractivity contribution in [1.29, 1.82) is 0 Å². The summed E-state index contributed by atoms with van der Waals surface area (Å²) in [5.74, 6) is 0. The first kappa shape index (κ1) is 9.26. The van der Waals surface area contributed by atoms with Gasteiger partial charge in [-0.2, -0.15) is 0 Å². The van der Waals surface area contributed by atoms with Crippen LogP contribution in [0.15, 0.2) is 27.5 Å². The molecule has 2 aliphatic rings. The summed E-state index contributed by atoms with van der Waals surface area (Å²) in [7, 11) is 1.59. The van der Waals surface area contributed by atoms with Crippen LogP contribution in [0, 0.1) is 0 Å². The fourth-order valence-corrected chi connectivity index (χ4v) is 3.01. The van der Waals surface area contributed by atoms with E-state index >= 15 is 0 Å². The van der Waals surface area contributed by atoms with Crippen LogP contribution in [-0.2, 0) is 9.05 Å². The Labute approximate surface area is 84.4 Å². The van der Waals surface area contributed by atoms with E-state index in [-0.39, 0.29) is 4.91 Å². The number of halogens is 1. The Balaban J connectivity index is 2.46. The maximum absolute atomic E-state index is 11.1. The summed E-state index contributed by atoms with van der Waals surface area (Å²) in [5.41, 5.74) is 0.687. The van der Waals surface area contributed by atoms with E-state index in [1.54, 1.807) is 12.2 Å². The summed E-state index contributed by atoms with van der Waals surface area (Å²) in [6.45, 7) is 0. The zero-order valence-electron chi connectivity index (χ0n) is 6.27. The van der Waals surface area contributed by atoms with Gasteiger partial charge in [-0.3, -0.25) is 0 Å². The molecule has 70 valence electrons. The van der Waals surface area contributed by atoms with E-state index in [1.165, 1.54) is 6.08 Å². The molecule has 0 bridgehead atoms. The molecule has 2 rings (SSSR count). The van der Waals surface area contributed by atoms with Crippen LogP contribution in [0.5, 0.6) is 0 Å². The van der Waals surface area contributed by atoms with Gasteiger partial charge in [-0.1, -0.05) is 6.08 Å². The van der Waals surface area contributed by atoms with Crippen LogP contribution in [0.3, 0.4) is 0 Å². The molecule has 1 atom stereocenters. The van der Waals surface area contributed by atoms with Crippen molar-refractivity contribution < 1.29 is 8.42 Å². The highest BCUT2D eigenvalue weighted by Gasteiger charge is 2.32. The summed E-state index contributed by atoms with van der Waals surface area (Å²) in [6, 6.07) is -0.391. The molecule has 0 aromatic carbocycles. The third-order valence-corrected chi connectivity index (χ3v) is 3.82. The minimum absolute atomic E-state index is 0.153. The first-order valence-electron chi connectivity index (χ1n) is 3.41. The highest BCUT2D eigenvalue weighted by Crippen LogP contribution is 2.27. The summed E-state index contributed by atoms with van der Waals surface area (Å²) >= 11 is 1.12. The highest BCUT2D eigenvalue weighted by atomic mass is 35.7. The monoisotopic (exact) mass is 236 g/mol. The smallest absolute Gasteiger partial charge is 0.230 e. The van der Waals surface area contributed by atoms with E-state index in [0.29, 0.717) is 5.71 Å². The van der Waals surface area contributed by atoms with E-state index in [9.17, 15) is 8.42 Å². The van der Waals surface area contributed by atoms with E-state index in [4.69, 9.17) is 10.7 Å². The molecule has 1 heterocycles. The normalized spacial score (nSPS) is 26.7. The molecule has 0 amide bonds. The van der Waals surface area contributed by atoms with Crippen LogP contribution >= 0.6 is 22.8 Å². The Hall–Kier alpha value is -0.300. The molecule has 1 N–H and O–H groups in total. The number of fused-ring (bicyclic) bond motifs is 1. The molecule has 1 aliphatic heterocycles. The predicted octanol–water partition coefficient (Wildman–Crippen LogP) is 0.985. The Bertz CT molecular complexity index is 424. The third-order valence-electron chi connectivity index (χ3n) is 1.71. The number of nitrogens with zero attached hydrogens (tertiary/aromatic N) is 1. The van der Waals surface area contributed by atoms with Crippen LogP contribution in [0.2, 0.25) is 0 Å². The van der Waals surface area contributed by atoms with Crippen LogP contribution in [0.25, 0.3) is 0 Å². The molecule has 1 aliphatic carbocycles. The molecule has 4 nitrogen and oxygen atoms in total. The molecular weight excluding hydrogens is 232 g/mol. The van der Waals surface area contributed by atoms with Crippen LogP contribution in [-0.4, -0.2) is 20.2 Å². The Morgan fingerprint density at radius 3 is 3.08 bits per heavy atom. The molecular formula is C6H5ClN2O2S2. The lowest BCUT2D eigenvalue weighted by molar-refractivity contribution is 0.612. The van der Waals surface area contributed by atoms with Gasteiger partial charge in [0.15, 0.2) is 0 Å². The van der Waals surface area contributed by atoms with Gasteiger partial charge in [-0.15, -0.1) is 0 Å². The molecule has 0 fully saturated rings. The second kappa shape index (κ2) is 3.13. The molecule has 0 saturated heterocycles. The van der Waals surface area contributed by atoms with E-state index in [1.807, 2.05) is 0 Å². The molecule has 0 saturated carbocycles. The lowest BCUT2D eigenvalue weighted by atomic mass is 10.1. The quantitative estimate of drug-likeness (QED) is 0.545. The van der Waals surface area contributed by atoms with Crippen LogP contribution in [0.4, 0.5) is 0 Å². The molecule has 13 heavy (non-hydrogen) atoms. The van der Waals surface area contributed by atoms with Crippen molar-refractivity contribution in [2.45, 2.75) is 6.04 Å². The van der Waals surface area contributed by atoms with Crippen molar-refractivity contribution >= 4 is 37.6 Å². The summed E-state index contributed by atoms with van der Waals surface area (Å²) < 4.78 is 29.0. The van der Waals surface area contributed by atoms with Gasteiger partial charge in [0.25, 0.3) is 9.05 Å². The zero-order valence-corrected chi connectivity index (χ0v) is 8.66. The molecule has 0 spiro atoms. The van der Waals surface area contributed by atoms with Crippen molar-refractivity contribution in [2.75, 3.05) is 0 Å². The minimum atomic E-state index is -3.65. The van der Waals surface area contributed by atoms with Gasteiger partial charge < -0.3 is 0 Å². The van der Waals surface area contributed by atoms with Gasteiger partial charge in [-0.05, 0) is 12.2 Å². The summed E-state index contributed by atoms with van der Waals surface area (Å²) in [5, 5.41) is 0. The first-order chi connectivity index (χ1) is 6.09. The number of rotatable bonds is 1. The van der Waals surface area contributed by atoms with E-state index in [0.717, 1.165) is 12.1 Å². The van der Waals surface area contributed by atoms with E-state index < -0.39 is 15.1 Å². The highest BCUT2D eigenvalue weighted by molar-refractivity contribution is 8.17. The summed E-state index contributed by atoms with van der Waals surface area (Å²) in [4.78, 5) is 0.153. The van der Waals surface area contributed by atoms with Crippen LogP contribution in [0.1, 0.15) is 0 Å². The van der Waals surface area contributed by atoms with Crippen molar-refractivity contribution in [3.8, 4) is 0 Å². The lowest BCUT2D eigenvalue weighted by Gasteiger charge is -2.14. The van der Waals surface area contributed by atoms with E-state index in [2.05, 4.69) is 9.12 Å². The van der Waals surface area contributed by atoms with Gasteiger partial charge in [0.1, 0.15) is 0 Å². The van der Waals surface area contributed by atoms with Gasteiger partial charge >= 0.3 is 0 Å². The van der Waals surface area contributed by atoms with Crippen molar-refractivity contribution in [1.82, 2.24) is 4.72 Å². The number of nitrogens with one attached hydrogen (secondary N) is 1. The molecule has 0 aromatic rings. The molecule has 0 aromatic heterocycles. The van der Waals surface area contributed by atoms with Gasteiger partial charge in [0.05, 0.1) is 28.8 Å². The standard InChI is InChI=1S/C6H5ClN2O2S2/c7-13(10,11)5-3-1-2-4-6(5)9-12-8-4/h1-3,6,9H. The molecule has 7 heteroatoms. The SMILES string of the molecule is O=S(=O)(Cl)C1=CC=CC2=NSNC12. The van der Waals surface area contributed by atoms with Crippen molar-refractivity contribution in [3.05, 3.63) is 23.1 Å². The molecule has 1 unspecified atom stereocenters. The Morgan fingerprint density at radius 1 is 1.62 bits per heavy atom. The number of allylic oxidation sites excluding steroid dienone is 2. The Morgan fingerprint density at radius 2 is 2.38 bits per heavy atom. The molecule has 0 radical (unpaired) electrons. The predicted molar refractivity (Wildman–Crippen MR) is 53.9 cm³/mol. The first-order valence-corrected chi connectivity index (χ1v) is 6.49. The van der Waals surface area contributed by atoms with Crippen molar-refractivity contribution in [2.24, 2.45) is 4.40 Å². The van der Waals surface area contributed by atoms with Crippen molar-refractivity contribution in [3.63, 3.8) is 0 Å².